The lowest BCUT2D eigenvalue weighted by atomic mass is 10.0. The molecule has 1 saturated heterocycles. The second-order valence-corrected chi connectivity index (χ2v) is 13.2. The number of nitrogens with zero attached hydrogens (tertiary/aromatic N) is 1. The van der Waals surface area contributed by atoms with E-state index in [-0.39, 0.29) is 43.3 Å². The Kier molecular flexibility index (Phi) is 12.6. The number of methoxy groups -OCH3 is 1. The van der Waals surface area contributed by atoms with Gasteiger partial charge in [-0.15, -0.1) is 0 Å². The highest BCUT2D eigenvalue weighted by atomic mass is 16.5. The maximum atomic E-state index is 14.1. The Hall–Kier alpha value is -5.13. The number of carbonyl (C=O) groups is 5. The van der Waals surface area contributed by atoms with Crippen molar-refractivity contribution in [2.24, 2.45) is 11.8 Å². The van der Waals surface area contributed by atoms with Gasteiger partial charge >= 0.3 is 0 Å². The molecule has 5 amide bonds. The van der Waals surface area contributed by atoms with Gasteiger partial charge in [-0.2, -0.15) is 0 Å². The molecule has 2 aromatic rings. The zero-order chi connectivity index (χ0) is 35.7. The third kappa shape index (κ3) is 10.2. The van der Waals surface area contributed by atoms with Gasteiger partial charge in [-0.3, -0.25) is 24.0 Å². The van der Waals surface area contributed by atoms with Gasteiger partial charge in [0, 0.05) is 30.1 Å². The predicted octanol–water partition coefficient (Wildman–Crippen LogP) is 2.73. The highest BCUT2D eigenvalue weighted by molar-refractivity contribution is 6.03. The summed E-state index contributed by atoms with van der Waals surface area (Å²) in [5.41, 5.74) is 1.72. The van der Waals surface area contributed by atoms with Crippen LogP contribution in [0.5, 0.6) is 11.5 Å². The van der Waals surface area contributed by atoms with Crippen molar-refractivity contribution in [3.63, 3.8) is 0 Å². The second kappa shape index (κ2) is 16.8. The standard InChI is InChI=1S/C37H47N5O7/c1-22(2)17-29-36(46)40-30(18-25-11-13-28(48-6)14-12-25)35(45)38-24(5)34(44)41-31(23(3)4)20-42(21-33(43)39-29)37(47)27-15-16-49-32-10-8-7-9-26(32)19-27/h7-16,19,22-24,29-31H,17-18,20-21H2,1-6H3,(H,38,45)(H,39,43)(H,40,46)(H,41,44)/t24-,29+,30+,31-/m1/s1. The molecule has 4 rings (SSSR count). The summed E-state index contributed by atoms with van der Waals surface area (Å²) in [5, 5.41) is 11.3. The highest BCUT2D eigenvalue weighted by Gasteiger charge is 2.33. The Morgan fingerprint density at radius 1 is 0.898 bits per heavy atom. The van der Waals surface area contributed by atoms with E-state index < -0.39 is 53.7 Å². The number of ether oxygens (including phenoxy) is 2. The van der Waals surface area contributed by atoms with Crippen molar-refractivity contribution in [2.45, 2.75) is 71.6 Å². The molecule has 0 bridgehead atoms. The summed E-state index contributed by atoms with van der Waals surface area (Å²) in [6.07, 6.45) is 5.06. The molecule has 4 N–H and O–H groups in total. The van der Waals surface area contributed by atoms with E-state index in [1.165, 1.54) is 17.2 Å². The third-order valence-electron chi connectivity index (χ3n) is 8.43. The number of amides is 5. The maximum Gasteiger partial charge on any atom is 0.254 e. The van der Waals surface area contributed by atoms with Crippen LogP contribution >= 0.6 is 0 Å². The largest absolute Gasteiger partial charge is 0.497 e. The lowest BCUT2D eigenvalue weighted by Gasteiger charge is -2.31. The van der Waals surface area contributed by atoms with Crippen molar-refractivity contribution in [1.82, 2.24) is 26.2 Å². The van der Waals surface area contributed by atoms with Crippen LogP contribution in [-0.4, -0.2) is 78.8 Å². The maximum absolute atomic E-state index is 14.1. The Labute approximate surface area is 287 Å². The highest BCUT2D eigenvalue weighted by Crippen LogP contribution is 2.25. The van der Waals surface area contributed by atoms with Gasteiger partial charge in [0.05, 0.1) is 19.9 Å². The van der Waals surface area contributed by atoms with E-state index in [0.717, 1.165) is 5.56 Å². The molecular weight excluding hydrogens is 626 g/mol. The molecule has 0 radical (unpaired) electrons. The SMILES string of the molecule is COc1ccc(C[C@@H]2NC(=O)[C@H](CC(C)C)NC(=O)CN(C(=O)C3=Cc4ccccc4OC=C3)C[C@H](C(C)C)NC(=O)[C@@H](C)NC2=O)cc1. The molecule has 2 heterocycles. The molecular formula is C37H47N5O7. The van der Waals surface area contributed by atoms with Crippen molar-refractivity contribution in [3.8, 4) is 11.5 Å². The summed E-state index contributed by atoms with van der Waals surface area (Å²) in [4.78, 5) is 70.0. The molecule has 2 aliphatic heterocycles. The van der Waals surface area contributed by atoms with Crippen LogP contribution in [0.4, 0.5) is 0 Å². The minimum Gasteiger partial charge on any atom is -0.497 e. The topological polar surface area (TPSA) is 155 Å². The van der Waals surface area contributed by atoms with Crippen molar-refractivity contribution < 1.29 is 33.4 Å². The molecule has 0 saturated carbocycles. The van der Waals surface area contributed by atoms with Crippen LogP contribution in [0.25, 0.3) is 6.08 Å². The van der Waals surface area contributed by atoms with E-state index in [9.17, 15) is 24.0 Å². The molecule has 0 aromatic heterocycles. The van der Waals surface area contributed by atoms with Gasteiger partial charge < -0.3 is 35.6 Å². The molecule has 12 nitrogen and oxygen atoms in total. The van der Waals surface area contributed by atoms with E-state index in [4.69, 9.17) is 9.47 Å². The van der Waals surface area contributed by atoms with Gasteiger partial charge in [0.15, 0.2) is 0 Å². The van der Waals surface area contributed by atoms with Gasteiger partial charge in [0.2, 0.25) is 23.6 Å². The molecule has 12 heteroatoms. The summed E-state index contributed by atoms with van der Waals surface area (Å²) < 4.78 is 10.9. The molecule has 0 spiro atoms. The average Bonchev–Trinajstić information content (AvgIpc) is 3.29. The zero-order valence-corrected chi connectivity index (χ0v) is 28.9. The number of fused-ring (bicyclic) bond motifs is 1. The van der Waals surface area contributed by atoms with Crippen LogP contribution in [0.1, 0.15) is 52.2 Å². The molecule has 1 fully saturated rings. The fourth-order valence-electron chi connectivity index (χ4n) is 5.58. The Morgan fingerprint density at radius 2 is 1.59 bits per heavy atom. The number of rotatable bonds is 7. The normalized spacial score (nSPS) is 22.3. The van der Waals surface area contributed by atoms with E-state index in [1.54, 1.807) is 50.4 Å². The van der Waals surface area contributed by atoms with E-state index in [1.807, 2.05) is 45.9 Å². The monoisotopic (exact) mass is 673 g/mol. The summed E-state index contributed by atoms with van der Waals surface area (Å²) >= 11 is 0. The Morgan fingerprint density at radius 3 is 2.27 bits per heavy atom. The number of carbonyl (C=O) groups excluding carboxylic acids is 5. The van der Waals surface area contributed by atoms with Gasteiger partial charge in [-0.1, -0.05) is 58.0 Å². The average molecular weight is 674 g/mol. The fraction of sp³-hybridized carbons (Fsp3) is 0.432. The van der Waals surface area contributed by atoms with Crippen LogP contribution < -0.4 is 30.7 Å². The number of hydrogen-bond acceptors (Lipinski definition) is 7. The van der Waals surface area contributed by atoms with Crippen molar-refractivity contribution in [2.75, 3.05) is 20.2 Å². The van der Waals surface area contributed by atoms with E-state index >= 15 is 0 Å². The quantitative estimate of drug-likeness (QED) is 0.353. The Bertz CT molecular complexity index is 1580. The Balaban J connectivity index is 1.68. The first kappa shape index (κ1) is 36.7. The van der Waals surface area contributed by atoms with Gasteiger partial charge in [0.25, 0.3) is 5.91 Å². The van der Waals surface area contributed by atoms with Crippen LogP contribution in [0.2, 0.25) is 0 Å². The molecule has 0 aliphatic carbocycles. The molecule has 4 atom stereocenters. The first-order chi connectivity index (χ1) is 23.3. The molecule has 2 aromatic carbocycles. The second-order valence-electron chi connectivity index (χ2n) is 13.2. The van der Waals surface area contributed by atoms with Crippen LogP contribution in [0.3, 0.4) is 0 Å². The van der Waals surface area contributed by atoms with Crippen molar-refractivity contribution >= 4 is 35.6 Å². The zero-order valence-electron chi connectivity index (χ0n) is 28.9. The first-order valence-electron chi connectivity index (χ1n) is 16.6. The van der Waals surface area contributed by atoms with Crippen LogP contribution in [-0.2, 0) is 30.4 Å². The fourth-order valence-corrected chi connectivity index (χ4v) is 5.58. The molecule has 2 aliphatic rings. The first-order valence-corrected chi connectivity index (χ1v) is 16.6. The minimum absolute atomic E-state index is 0.00878. The van der Waals surface area contributed by atoms with E-state index in [0.29, 0.717) is 17.1 Å². The van der Waals surface area contributed by atoms with Gasteiger partial charge in [-0.05, 0) is 61.1 Å². The number of hydrogen-bond donors (Lipinski definition) is 4. The third-order valence-corrected chi connectivity index (χ3v) is 8.43. The summed E-state index contributed by atoms with van der Waals surface area (Å²) in [6, 6.07) is 10.8. The predicted molar refractivity (Wildman–Crippen MR) is 185 cm³/mol. The molecule has 49 heavy (non-hydrogen) atoms. The van der Waals surface area contributed by atoms with Gasteiger partial charge in [0.1, 0.15) is 29.6 Å². The van der Waals surface area contributed by atoms with Crippen LogP contribution in [0, 0.1) is 11.8 Å². The summed E-state index contributed by atoms with van der Waals surface area (Å²) in [5.74, 6) is -1.51. The van der Waals surface area contributed by atoms with Crippen molar-refractivity contribution in [3.05, 3.63) is 77.6 Å². The number of nitrogens with one attached hydrogen (secondary N) is 4. The number of para-hydroxylation sites is 1. The molecule has 262 valence electrons. The molecule has 0 unspecified atom stereocenters. The van der Waals surface area contributed by atoms with Crippen LogP contribution in [0.15, 0.2) is 66.4 Å². The lowest BCUT2D eigenvalue weighted by molar-refractivity contribution is -0.135. The van der Waals surface area contributed by atoms with Crippen molar-refractivity contribution in [1.29, 1.82) is 0 Å². The summed E-state index contributed by atoms with van der Waals surface area (Å²) in [7, 11) is 1.55. The van der Waals surface area contributed by atoms with Gasteiger partial charge in [-0.25, -0.2) is 0 Å². The summed E-state index contributed by atoms with van der Waals surface area (Å²) in [6.45, 7) is 8.80. The lowest BCUT2D eigenvalue weighted by Crippen LogP contribution is -2.57. The smallest absolute Gasteiger partial charge is 0.254 e. The van der Waals surface area contributed by atoms with E-state index in [2.05, 4.69) is 21.3 Å². The minimum atomic E-state index is -1.05. The number of benzene rings is 2.